The fraction of sp³-hybridized carbons (Fsp3) is 0. The number of amides is 1. The van der Waals surface area contributed by atoms with Crippen molar-refractivity contribution in [1.29, 1.82) is 0 Å². The van der Waals surface area contributed by atoms with Crippen LogP contribution in [0.25, 0.3) is 11.0 Å². The van der Waals surface area contributed by atoms with Crippen molar-refractivity contribution in [1.82, 2.24) is 9.97 Å². The number of nitrogens with one attached hydrogen (secondary N) is 1. The molecule has 0 atom stereocenters. The number of benzene rings is 1. The van der Waals surface area contributed by atoms with Crippen LogP contribution in [0.4, 0.5) is 5.82 Å². The van der Waals surface area contributed by atoms with Crippen molar-refractivity contribution in [2.75, 3.05) is 5.32 Å². The lowest BCUT2D eigenvalue weighted by Crippen LogP contribution is -2.13. The highest BCUT2D eigenvalue weighted by Gasteiger charge is 2.16. The molecule has 2 aromatic heterocycles. The van der Waals surface area contributed by atoms with Gasteiger partial charge in [-0.15, -0.1) is 0 Å². The van der Waals surface area contributed by atoms with Gasteiger partial charge in [0.2, 0.25) is 0 Å². The Kier molecular flexibility index (Phi) is 3.30. The molecule has 0 aliphatic heterocycles. The second-order valence-electron chi connectivity index (χ2n) is 3.93. The number of rotatable bonds is 2. The lowest BCUT2D eigenvalue weighted by molar-refractivity contribution is 0.102. The van der Waals surface area contributed by atoms with Crippen LogP contribution >= 0.6 is 23.2 Å². The summed E-state index contributed by atoms with van der Waals surface area (Å²) in [5.41, 5.74) is 1.02. The topological polar surface area (TPSA) is 68.0 Å². The third kappa shape index (κ3) is 2.21. The van der Waals surface area contributed by atoms with E-state index in [1.54, 1.807) is 12.1 Å². The van der Waals surface area contributed by atoms with Crippen molar-refractivity contribution < 1.29 is 9.21 Å². The van der Waals surface area contributed by atoms with Crippen LogP contribution in [0, 0.1) is 0 Å². The summed E-state index contributed by atoms with van der Waals surface area (Å²) in [5.74, 6) is -0.228. The number of para-hydroxylation sites is 1. The molecule has 0 bridgehead atoms. The van der Waals surface area contributed by atoms with Crippen molar-refractivity contribution in [3.63, 3.8) is 0 Å². The van der Waals surface area contributed by atoms with Crippen molar-refractivity contribution in [2.45, 2.75) is 0 Å². The van der Waals surface area contributed by atoms with Gasteiger partial charge in [-0.2, -0.15) is 0 Å². The van der Waals surface area contributed by atoms with Crippen LogP contribution in [0.15, 0.2) is 41.3 Å². The van der Waals surface area contributed by atoms with E-state index in [0.29, 0.717) is 16.5 Å². The highest BCUT2D eigenvalue weighted by Crippen LogP contribution is 2.27. The Labute approximate surface area is 123 Å². The van der Waals surface area contributed by atoms with E-state index in [-0.39, 0.29) is 21.9 Å². The summed E-state index contributed by atoms with van der Waals surface area (Å²) in [7, 11) is 0. The van der Waals surface area contributed by atoms with Crippen LogP contribution in [0.5, 0.6) is 0 Å². The monoisotopic (exact) mass is 307 g/mol. The second kappa shape index (κ2) is 5.11. The number of carbonyl (C=O) groups excluding carboxylic acids is 1. The van der Waals surface area contributed by atoms with Gasteiger partial charge in [0.05, 0.1) is 5.56 Å². The number of hydrogen-bond donors (Lipinski definition) is 1. The van der Waals surface area contributed by atoms with E-state index in [9.17, 15) is 4.79 Å². The molecule has 0 saturated heterocycles. The molecule has 0 saturated carbocycles. The Morgan fingerprint density at radius 3 is 2.85 bits per heavy atom. The third-order valence-electron chi connectivity index (χ3n) is 2.70. The molecule has 5 nitrogen and oxygen atoms in total. The molecule has 0 aliphatic carbocycles. The molecular formula is C13H7Cl2N3O2. The Balaban J connectivity index is 1.95. The molecule has 1 N–H and O–H groups in total. The Morgan fingerprint density at radius 2 is 2.00 bits per heavy atom. The van der Waals surface area contributed by atoms with Gasteiger partial charge in [0.15, 0.2) is 11.0 Å². The molecule has 0 spiro atoms. The molecule has 0 unspecified atom stereocenters. The Morgan fingerprint density at radius 1 is 1.20 bits per heavy atom. The van der Waals surface area contributed by atoms with Gasteiger partial charge < -0.3 is 9.73 Å². The van der Waals surface area contributed by atoms with Crippen LogP contribution in [0.1, 0.15) is 10.4 Å². The molecule has 3 rings (SSSR count). The number of nitrogens with zero attached hydrogens (tertiary/aromatic N) is 2. The standard InChI is InChI=1S/C13H7Cl2N3O2/c14-10-11(15)16-6-17-12(10)18-13(19)8-5-20-9-4-2-1-3-7(8)9/h1-6H,(H,16,17,18,19). The number of anilines is 1. The highest BCUT2D eigenvalue weighted by molar-refractivity contribution is 6.43. The second-order valence-corrected chi connectivity index (χ2v) is 4.66. The molecule has 7 heteroatoms. The van der Waals surface area contributed by atoms with Crippen molar-refractivity contribution in [3.05, 3.63) is 52.6 Å². The molecule has 100 valence electrons. The zero-order valence-electron chi connectivity index (χ0n) is 9.93. The zero-order chi connectivity index (χ0) is 14.1. The highest BCUT2D eigenvalue weighted by atomic mass is 35.5. The fourth-order valence-corrected chi connectivity index (χ4v) is 2.04. The van der Waals surface area contributed by atoms with Gasteiger partial charge in [-0.3, -0.25) is 4.79 Å². The van der Waals surface area contributed by atoms with E-state index in [0.717, 1.165) is 0 Å². The maximum atomic E-state index is 12.2. The van der Waals surface area contributed by atoms with E-state index in [2.05, 4.69) is 15.3 Å². The number of halogens is 2. The van der Waals surface area contributed by atoms with E-state index < -0.39 is 0 Å². The van der Waals surface area contributed by atoms with Crippen LogP contribution in [0.2, 0.25) is 10.2 Å². The average Bonchev–Trinajstić information content (AvgIpc) is 2.88. The van der Waals surface area contributed by atoms with Crippen LogP contribution < -0.4 is 5.32 Å². The van der Waals surface area contributed by atoms with Crippen molar-refractivity contribution in [3.8, 4) is 0 Å². The molecule has 0 fully saturated rings. The number of carbonyl (C=O) groups is 1. The van der Waals surface area contributed by atoms with Crippen LogP contribution in [-0.4, -0.2) is 15.9 Å². The van der Waals surface area contributed by atoms with Crippen LogP contribution in [-0.2, 0) is 0 Å². The lowest BCUT2D eigenvalue weighted by atomic mass is 10.1. The predicted molar refractivity (Wildman–Crippen MR) is 76.2 cm³/mol. The van der Waals surface area contributed by atoms with Gasteiger partial charge in [0.25, 0.3) is 5.91 Å². The predicted octanol–water partition coefficient (Wildman–Crippen LogP) is 3.78. The normalized spacial score (nSPS) is 10.7. The largest absolute Gasteiger partial charge is 0.463 e. The molecule has 0 radical (unpaired) electrons. The maximum absolute atomic E-state index is 12.2. The quantitative estimate of drug-likeness (QED) is 0.731. The number of fused-ring (bicyclic) bond motifs is 1. The summed E-state index contributed by atoms with van der Waals surface area (Å²) < 4.78 is 5.31. The minimum atomic E-state index is -0.383. The van der Waals surface area contributed by atoms with Gasteiger partial charge in [-0.05, 0) is 6.07 Å². The van der Waals surface area contributed by atoms with Gasteiger partial charge >= 0.3 is 0 Å². The van der Waals surface area contributed by atoms with E-state index >= 15 is 0 Å². The summed E-state index contributed by atoms with van der Waals surface area (Å²) >= 11 is 11.7. The van der Waals surface area contributed by atoms with E-state index in [4.69, 9.17) is 27.6 Å². The first-order valence-corrected chi connectivity index (χ1v) is 6.36. The Hall–Kier alpha value is -2.11. The SMILES string of the molecule is O=C(Nc1ncnc(Cl)c1Cl)c1coc2ccccc12. The summed E-state index contributed by atoms with van der Waals surface area (Å²) in [6.45, 7) is 0. The van der Waals surface area contributed by atoms with Gasteiger partial charge in [0.1, 0.15) is 23.2 Å². The third-order valence-corrected chi connectivity index (χ3v) is 3.45. The van der Waals surface area contributed by atoms with Crippen LogP contribution in [0.3, 0.4) is 0 Å². The summed E-state index contributed by atoms with van der Waals surface area (Å²) in [6.07, 6.45) is 2.61. The van der Waals surface area contributed by atoms with Gasteiger partial charge in [-0.25, -0.2) is 9.97 Å². The van der Waals surface area contributed by atoms with Gasteiger partial charge in [-0.1, -0.05) is 41.4 Å². The first kappa shape index (κ1) is 12.9. The molecule has 2 heterocycles. The number of hydrogen-bond acceptors (Lipinski definition) is 4. The number of aromatic nitrogens is 2. The summed E-state index contributed by atoms with van der Waals surface area (Å²) in [5, 5.41) is 3.46. The smallest absolute Gasteiger partial charge is 0.260 e. The van der Waals surface area contributed by atoms with Gasteiger partial charge in [0, 0.05) is 5.39 Å². The molecule has 20 heavy (non-hydrogen) atoms. The maximum Gasteiger partial charge on any atom is 0.260 e. The summed E-state index contributed by atoms with van der Waals surface area (Å²) in [6, 6.07) is 7.22. The van der Waals surface area contributed by atoms with E-state index in [1.807, 2.05) is 12.1 Å². The van der Waals surface area contributed by atoms with Crippen molar-refractivity contribution in [2.24, 2.45) is 0 Å². The first-order chi connectivity index (χ1) is 9.66. The fourth-order valence-electron chi connectivity index (χ4n) is 1.76. The molecule has 3 aromatic rings. The number of furan rings is 1. The van der Waals surface area contributed by atoms with E-state index in [1.165, 1.54) is 12.6 Å². The summed E-state index contributed by atoms with van der Waals surface area (Å²) in [4.78, 5) is 19.8. The Bertz CT molecular complexity index is 801. The first-order valence-electron chi connectivity index (χ1n) is 5.60. The minimum Gasteiger partial charge on any atom is -0.463 e. The zero-order valence-corrected chi connectivity index (χ0v) is 11.4. The molecule has 1 aromatic carbocycles. The molecular weight excluding hydrogens is 301 g/mol. The van der Waals surface area contributed by atoms with Crippen molar-refractivity contribution >= 4 is 45.9 Å². The lowest BCUT2D eigenvalue weighted by Gasteiger charge is -2.05. The molecule has 1 amide bonds. The minimum absolute atomic E-state index is 0.0778. The average molecular weight is 308 g/mol. The molecule has 0 aliphatic rings.